The van der Waals surface area contributed by atoms with E-state index in [1.54, 1.807) is 6.07 Å². The van der Waals surface area contributed by atoms with Crippen molar-refractivity contribution in [3.63, 3.8) is 0 Å². The number of carbonyl (C=O) groups is 1. The van der Waals surface area contributed by atoms with Crippen LogP contribution >= 0.6 is 0 Å². The smallest absolute Gasteiger partial charge is 0.317 e. The Morgan fingerprint density at radius 3 is 2.58 bits per heavy atom. The lowest BCUT2D eigenvalue weighted by molar-refractivity contribution is 0.130. The van der Waals surface area contributed by atoms with Crippen molar-refractivity contribution in [2.24, 2.45) is 5.92 Å². The minimum absolute atomic E-state index is 0.00249. The zero-order chi connectivity index (χ0) is 18.3. The predicted octanol–water partition coefficient (Wildman–Crippen LogP) is 3.05. The number of aromatic nitrogens is 1. The van der Waals surface area contributed by atoms with Gasteiger partial charge in [-0.3, -0.25) is 4.79 Å². The van der Waals surface area contributed by atoms with Crippen molar-refractivity contribution in [1.29, 1.82) is 0 Å². The number of urea groups is 1. The highest BCUT2D eigenvalue weighted by Gasteiger charge is 2.37. The molecule has 1 N–H and O–H groups in total. The van der Waals surface area contributed by atoms with Gasteiger partial charge in [-0.1, -0.05) is 30.3 Å². The first kappa shape index (κ1) is 16.9. The van der Waals surface area contributed by atoms with E-state index >= 15 is 0 Å². The second kappa shape index (κ2) is 6.63. The van der Waals surface area contributed by atoms with Gasteiger partial charge in [0, 0.05) is 48.9 Å². The highest BCUT2D eigenvalue weighted by Crippen LogP contribution is 2.39. The van der Waals surface area contributed by atoms with Crippen molar-refractivity contribution in [3.8, 4) is 11.1 Å². The molecule has 4 rings (SSSR count). The minimum Gasteiger partial charge on any atom is -0.336 e. The summed E-state index contributed by atoms with van der Waals surface area (Å²) in [6.07, 6.45) is 1.04. The van der Waals surface area contributed by atoms with Gasteiger partial charge < -0.3 is 14.8 Å². The number of piperidine rings is 1. The fourth-order valence-corrected chi connectivity index (χ4v) is 4.38. The fraction of sp³-hybridized carbons (Fsp3) is 0.429. The van der Waals surface area contributed by atoms with Crippen LogP contribution < -0.4 is 10.9 Å². The van der Waals surface area contributed by atoms with Gasteiger partial charge in [0.15, 0.2) is 0 Å². The summed E-state index contributed by atoms with van der Waals surface area (Å²) in [7, 11) is 0. The molecule has 5 heteroatoms. The lowest BCUT2D eigenvalue weighted by Crippen LogP contribution is -2.53. The molecule has 1 aromatic carbocycles. The zero-order valence-corrected chi connectivity index (χ0v) is 15.3. The molecule has 0 aliphatic carbocycles. The first-order valence-corrected chi connectivity index (χ1v) is 9.37. The molecule has 2 bridgehead atoms. The molecule has 2 aliphatic rings. The van der Waals surface area contributed by atoms with Crippen molar-refractivity contribution in [2.75, 3.05) is 13.1 Å². The van der Waals surface area contributed by atoms with Crippen LogP contribution in [-0.2, 0) is 6.54 Å². The SMILES string of the molecule is CC(C)NC(=O)N1C[C@H]2C[C@H](C1)c1c(-c3ccccc3)ccc(=O)n1C2. The number of nitrogens with zero attached hydrogens (tertiary/aromatic N) is 2. The maximum absolute atomic E-state index is 12.5. The molecule has 3 heterocycles. The molecule has 5 nitrogen and oxygen atoms in total. The number of hydrogen-bond acceptors (Lipinski definition) is 2. The molecule has 0 radical (unpaired) electrons. The number of benzene rings is 1. The molecule has 1 aromatic heterocycles. The maximum atomic E-state index is 12.5. The Bertz CT molecular complexity index is 873. The van der Waals surface area contributed by atoms with Gasteiger partial charge in [0.05, 0.1) is 0 Å². The van der Waals surface area contributed by atoms with Crippen LogP contribution in [0, 0.1) is 5.92 Å². The predicted molar refractivity (Wildman–Crippen MR) is 102 cm³/mol. The lowest BCUT2D eigenvalue weighted by Gasteiger charge is -2.43. The van der Waals surface area contributed by atoms with Gasteiger partial charge in [-0.15, -0.1) is 0 Å². The third-order valence-corrected chi connectivity index (χ3v) is 5.37. The first-order valence-electron chi connectivity index (χ1n) is 9.37. The summed E-state index contributed by atoms with van der Waals surface area (Å²) >= 11 is 0. The van der Waals surface area contributed by atoms with Crippen LogP contribution in [0.15, 0.2) is 47.3 Å². The fourth-order valence-electron chi connectivity index (χ4n) is 4.38. The number of carbonyl (C=O) groups excluding carboxylic acids is 1. The minimum atomic E-state index is 0.00249. The molecule has 0 spiro atoms. The Kier molecular flexibility index (Phi) is 4.31. The Morgan fingerprint density at radius 1 is 1.08 bits per heavy atom. The normalized spacial score (nSPS) is 21.4. The number of likely N-dealkylation sites (tertiary alicyclic amines) is 1. The summed E-state index contributed by atoms with van der Waals surface area (Å²) in [5.74, 6) is 0.535. The second-order valence-electron chi connectivity index (χ2n) is 7.75. The van der Waals surface area contributed by atoms with Crippen LogP contribution in [-0.4, -0.2) is 34.6 Å². The summed E-state index contributed by atoms with van der Waals surface area (Å²) in [6, 6.07) is 13.9. The van der Waals surface area contributed by atoms with Crippen molar-refractivity contribution < 1.29 is 4.79 Å². The van der Waals surface area contributed by atoms with Gasteiger partial charge in [-0.2, -0.15) is 0 Å². The number of fused-ring (bicyclic) bond motifs is 4. The summed E-state index contributed by atoms with van der Waals surface area (Å²) in [4.78, 5) is 27.0. The average molecular weight is 351 g/mol. The number of rotatable bonds is 2. The second-order valence-corrected chi connectivity index (χ2v) is 7.75. The van der Waals surface area contributed by atoms with E-state index in [9.17, 15) is 9.59 Å². The number of pyridine rings is 1. The lowest BCUT2D eigenvalue weighted by atomic mass is 9.80. The standard InChI is InChI=1S/C21H25N3O2/c1-14(2)22-21(26)23-11-15-10-17(13-23)20-18(16-6-4-3-5-7-16)8-9-19(25)24(20)12-15/h3-9,14-15,17H,10-13H2,1-2H3,(H,22,26)/t15-,17-/m1/s1. The topological polar surface area (TPSA) is 54.3 Å². The molecule has 2 aliphatic heterocycles. The Labute approximate surface area is 153 Å². The molecule has 1 saturated heterocycles. The molecule has 2 amide bonds. The van der Waals surface area contributed by atoms with Crippen molar-refractivity contribution in [2.45, 2.75) is 38.8 Å². The average Bonchev–Trinajstić information content (AvgIpc) is 2.62. The number of nitrogens with one attached hydrogen (secondary N) is 1. The van der Waals surface area contributed by atoms with Gasteiger partial charge in [0.1, 0.15) is 0 Å². The Balaban J connectivity index is 1.73. The Morgan fingerprint density at radius 2 is 1.85 bits per heavy atom. The highest BCUT2D eigenvalue weighted by molar-refractivity contribution is 5.75. The largest absolute Gasteiger partial charge is 0.336 e. The molecular weight excluding hydrogens is 326 g/mol. The highest BCUT2D eigenvalue weighted by atomic mass is 16.2. The zero-order valence-electron chi connectivity index (χ0n) is 15.3. The third-order valence-electron chi connectivity index (χ3n) is 5.37. The van der Waals surface area contributed by atoms with Crippen LogP contribution in [0.25, 0.3) is 11.1 Å². The molecular formula is C21H25N3O2. The van der Waals surface area contributed by atoms with E-state index in [4.69, 9.17) is 0 Å². The van der Waals surface area contributed by atoms with E-state index in [0.29, 0.717) is 19.0 Å². The summed E-state index contributed by atoms with van der Waals surface area (Å²) < 4.78 is 1.94. The van der Waals surface area contributed by atoms with Gasteiger partial charge in [0.2, 0.25) is 0 Å². The summed E-state index contributed by atoms with van der Waals surface area (Å²) in [6.45, 7) is 6.03. The van der Waals surface area contributed by atoms with Crippen molar-refractivity contribution in [3.05, 3.63) is 58.5 Å². The van der Waals surface area contributed by atoms with Crippen LogP contribution in [0.1, 0.15) is 31.9 Å². The summed E-state index contributed by atoms with van der Waals surface area (Å²) in [5.41, 5.74) is 3.38. The van der Waals surface area contributed by atoms with Gasteiger partial charge in [0.25, 0.3) is 5.56 Å². The van der Waals surface area contributed by atoms with Crippen molar-refractivity contribution in [1.82, 2.24) is 14.8 Å². The molecule has 0 saturated carbocycles. The first-order chi connectivity index (χ1) is 12.5. The van der Waals surface area contributed by atoms with E-state index in [2.05, 4.69) is 17.4 Å². The quantitative estimate of drug-likeness (QED) is 0.904. The van der Waals surface area contributed by atoms with Gasteiger partial charge in [-0.25, -0.2) is 4.79 Å². The van der Waals surface area contributed by atoms with Gasteiger partial charge >= 0.3 is 6.03 Å². The van der Waals surface area contributed by atoms with Crippen LogP contribution in [0.3, 0.4) is 0 Å². The maximum Gasteiger partial charge on any atom is 0.317 e. The monoisotopic (exact) mass is 351 g/mol. The van der Waals surface area contributed by atoms with Crippen LogP contribution in [0.4, 0.5) is 4.79 Å². The van der Waals surface area contributed by atoms with E-state index in [-0.39, 0.29) is 23.6 Å². The summed E-state index contributed by atoms with van der Waals surface area (Å²) in [5, 5.41) is 3.00. The van der Waals surface area contributed by atoms with E-state index in [1.807, 2.05) is 47.6 Å². The van der Waals surface area contributed by atoms with E-state index < -0.39 is 0 Å². The molecule has 0 unspecified atom stereocenters. The number of hydrogen-bond donors (Lipinski definition) is 1. The van der Waals surface area contributed by atoms with E-state index in [1.165, 1.54) is 0 Å². The van der Waals surface area contributed by atoms with Crippen molar-refractivity contribution >= 4 is 6.03 Å². The molecule has 2 aromatic rings. The van der Waals surface area contributed by atoms with Gasteiger partial charge in [-0.05, 0) is 37.8 Å². The molecule has 1 fully saturated rings. The van der Waals surface area contributed by atoms with Crippen LogP contribution in [0.2, 0.25) is 0 Å². The van der Waals surface area contributed by atoms with E-state index in [0.717, 1.165) is 29.8 Å². The molecule has 26 heavy (non-hydrogen) atoms. The van der Waals surface area contributed by atoms with Crippen LogP contribution in [0.5, 0.6) is 0 Å². The Hall–Kier alpha value is -2.56. The number of amides is 2. The molecule has 2 atom stereocenters. The molecule has 136 valence electrons. The third kappa shape index (κ3) is 3.02.